The third-order valence-electron chi connectivity index (χ3n) is 2.56. The van der Waals surface area contributed by atoms with Crippen molar-refractivity contribution in [2.24, 2.45) is 0 Å². The molecule has 0 fully saturated rings. The monoisotopic (exact) mass is 314 g/mol. The molecule has 0 aliphatic rings. The van der Waals surface area contributed by atoms with Crippen LogP contribution in [0.4, 0.5) is 10.8 Å². The average molecular weight is 314 g/mol. The first-order valence-electron chi connectivity index (χ1n) is 6.03. The van der Waals surface area contributed by atoms with Gasteiger partial charge in [-0.2, -0.15) is 0 Å². The standard InChI is InChI=1S/C12H18N4O2S2/c1-12(2,16-20(3,17)18)7-14-11-15-9-5-4-8(13)6-10(9)19-11/h4-6,16H,7,13H2,1-3H3,(H,14,15). The Morgan fingerprint density at radius 1 is 1.40 bits per heavy atom. The number of sulfonamides is 1. The summed E-state index contributed by atoms with van der Waals surface area (Å²) in [6.45, 7) is 4.06. The van der Waals surface area contributed by atoms with Crippen molar-refractivity contribution < 1.29 is 8.42 Å². The van der Waals surface area contributed by atoms with Crippen LogP contribution in [0.5, 0.6) is 0 Å². The molecule has 1 aromatic carbocycles. The van der Waals surface area contributed by atoms with Gasteiger partial charge in [-0.1, -0.05) is 11.3 Å². The van der Waals surface area contributed by atoms with Crippen LogP contribution in [0.2, 0.25) is 0 Å². The normalized spacial score (nSPS) is 12.8. The summed E-state index contributed by atoms with van der Waals surface area (Å²) in [5, 5.41) is 3.90. The zero-order valence-electron chi connectivity index (χ0n) is 11.6. The molecule has 0 spiro atoms. The highest BCUT2D eigenvalue weighted by molar-refractivity contribution is 7.88. The number of nitrogens with one attached hydrogen (secondary N) is 2. The lowest BCUT2D eigenvalue weighted by Crippen LogP contribution is -2.47. The van der Waals surface area contributed by atoms with Gasteiger partial charge in [0.25, 0.3) is 0 Å². The van der Waals surface area contributed by atoms with Crippen LogP contribution in [-0.4, -0.2) is 31.7 Å². The molecule has 4 N–H and O–H groups in total. The molecule has 0 aliphatic carbocycles. The summed E-state index contributed by atoms with van der Waals surface area (Å²) in [6.07, 6.45) is 1.15. The van der Waals surface area contributed by atoms with Crippen molar-refractivity contribution in [3.8, 4) is 0 Å². The van der Waals surface area contributed by atoms with Crippen LogP contribution in [0.25, 0.3) is 10.2 Å². The van der Waals surface area contributed by atoms with Crippen LogP contribution < -0.4 is 15.8 Å². The van der Waals surface area contributed by atoms with Crippen molar-refractivity contribution in [1.29, 1.82) is 0 Å². The molecule has 6 nitrogen and oxygen atoms in total. The number of nitrogens with zero attached hydrogens (tertiary/aromatic N) is 1. The number of hydrogen-bond donors (Lipinski definition) is 3. The van der Waals surface area contributed by atoms with E-state index in [2.05, 4.69) is 15.0 Å². The Morgan fingerprint density at radius 2 is 2.10 bits per heavy atom. The summed E-state index contributed by atoms with van der Waals surface area (Å²) in [4.78, 5) is 4.43. The zero-order valence-corrected chi connectivity index (χ0v) is 13.2. The molecule has 0 saturated carbocycles. The Labute approximate surface area is 122 Å². The number of anilines is 2. The van der Waals surface area contributed by atoms with Crippen molar-refractivity contribution in [2.75, 3.05) is 23.9 Å². The lowest BCUT2D eigenvalue weighted by atomic mass is 10.1. The van der Waals surface area contributed by atoms with Gasteiger partial charge in [0.2, 0.25) is 10.0 Å². The average Bonchev–Trinajstić information content (AvgIpc) is 2.65. The SMILES string of the molecule is CC(C)(CNc1nc2ccc(N)cc2s1)NS(C)(=O)=O. The van der Waals surface area contributed by atoms with Gasteiger partial charge >= 0.3 is 0 Å². The lowest BCUT2D eigenvalue weighted by molar-refractivity contribution is 0.476. The molecule has 8 heteroatoms. The second-order valence-corrected chi connectivity index (χ2v) is 8.14. The van der Waals surface area contributed by atoms with Gasteiger partial charge in [-0.05, 0) is 32.0 Å². The van der Waals surface area contributed by atoms with E-state index in [4.69, 9.17) is 5.73 Å². The Kier molecular flexibility index (Phi) is 3.90. The highest BCUT2D eigenvalue weighted by atomic mass is 32.2. The van der Waals surface area contributed by atoms with Crippen molar-refractivity contribution >= 4 is 42.4 Å². The van der Waals surface area contributed by atoms with Gasteiger partial charge in [-0.3, -0.25) is 0 Å². The van der Waals surface area contributed by atoms with Gasteiger partial charge in [0, 0.05) is 17.8 Å². The zero-order chi connectivity index (χ0) is 15.0. The fourth-order valence-corrected chi connectivity index (χ4v) is 3.84. The van der Waals surface area contributed by atoms with Crippen molar-refractivity contribution in [3.63, 3.8) is 0 Å². The molecule has 2 aromatic rings. The topological polar surface area (TPSA) is 97.1 Å². The molecule has 1 aromatic heterocycles. The second kappa shape index (κ2) is 5.19. The number of nitrogens with two attached hydrogens (primary N) is 1. The van der Waals surface area contributed by atoms with E-state index in [-0.39, 0.29) is 0 Å². The van der Waals surface area contributed by atoms with Crippen molar-refractivity contribution in [1.82, 2.24) is 9.71 Å². The Bertz CT molecular complexity index is 722. The van der Waals surface area contributed by atoms with E-state index in [0.717, 1.165) is 21.6 Å². The van der Waals surface area contributed by atoms with E-state index in [1.807, 2.05) is 26.0 Å². The van der Waals surface area contributed by atoms with E-state index < -0.39 is 15.6 Å². The van der Waals surface area contributed by atoms with Crippen LogP contribution in [0.15, 0.2) is 18.2 Å². The molecule has 0 atom stereocenters. The van der Waals surface area contributed by atoms with Gasteiger partial charge in [0.15, 0.2) is 5.13 Å². The number of nitrogen functional groups attached to an aromatic ring is 1. The predicted molar refractivity (Wildman–Crippen MR) is 84.6 cm³/mol. The highest BCUT2D eigenvalue weighted by Crippen LogP contribution is 2.27. The van der Waals surface area contributed by atoms with Gasteiger partial charge < -0.3 is 11.1 Å². The van der Waals surface area contributed by atoms with Crippen LogP contribution >= 0.6 is 11.3 Å². The fraction of sp³-hybridized carbons (Fsp3) is 0.417. The molecule has 110 valence electrons. The predicted octanol–water partition coefficient (Wildman–Crippen LogP) is 1.62. The molecule has 0 bridgehead atoms. The number of fused-ring (bicyclic) bond motifs is 1. The van der Waals surface area contributed by atoms with E-state index in [1.165, 1.54) is 11.3 Å². The third kappa shape index (κ3) is 4.06. The Morgan fingerprint density at radius 3 is 2.75 bits per heavy atom. The van der Waals surface area contributed by atoms with Crippen LogP contribution in [0, 0.1) is 0 Å². The summed E-state index contributed by atoms with van der Waals surface area (Å²) < 4.78 is 26.1. The van der Waals surface area contributed by atoms with Crippen LogP contribution in [0.3, 0.4) is 0 Å². The summed E-state index contributed by atoms with van der Waals surface area (Å²) in [6, 6.07) is 5.55. The molecule has 0 amide bonds. The van der Waals surface area contributed by atoms with Crippen molar-refractivity contribution in [3.05, 3.63) is 18.2 Å². The molecular weight excluding hydrogens is 296 g/mol. The maximum atomic E-state index is 11.3. The minimum atomic E-state index is -3.24. The van der Waals surface area contributed by atoms with Crippen LogP contribution in [0.1, 0.15) is 13.8 Å². The Balaban J connectivity index is 2.09. The summed E-state index contributed by atoms with van der Waals surface area (Å²) in [5.41, 5.74) is 6.71. The summed E-state index contributed by atoms with van der Waals surface area (Å²) >= 11 is 1.49. The van der Waals surface area contributed by atoms with Gasteiger partial charge in [0.1, 0.15) is 0 Å². The van der Waals surface area contributed by atoms with Crippen molar-refractivity contribution in [2.45, 2.75) is 19.4 Å². The fourth-order valence-electron chi connectivity index (χ4n) is 1.85. The molecule has 2 rings (SSSR count). The maximum Gasteiger partial charge on any atom is 0.209 e. The number of benzene rings is 1. The van der Waals surface area contributed by atoms with Gasteiger partial charge in [-0.25, -0.2) is 18.1 Å². The molecular formula is C12H18N4O2S2. The second-order valence-electron chi connectivity index (χ2n) is 5.36. The molecule has 0 radical (unpaired) electrons. The van der Waals surface area contributed by atoms with E-state index in [0.29, 0.717) is 12.2 Å². The number of aromatic nitrogens is 1. The van der Waals surface area contributed by atoms with Crippen LogP contribution in [-0.2, 0) is 10.0 Å². The first kappa shape index (κ1) is 15.0. The quantitative estimate of drug-likeness (QED) is 0.729. The van der Waals surface area contributed by atoms with Gasteiger partial charge in [0.05, 0.1) is 16.5 Å². The molecule has 0 unspecified atom stereocenters. The highest BCUT2D eigenvalue weighted by Gasteiger charge is 2.22. The molecule has 0 saturated heterocycles. The molecule has 1 heterocycles. The minimum Gasteiger partial charge on any atom is -0.399 e. The maximum absolute atomic E-state index is 11.3. The van der Waals surface area contributed by atoms with E-state index in [9.17, 15) is 8.42 Å². The largest absolute Gasteiger partial charge is 0.399 e. The number of hydrogen-bond acceptors (Lipinski definition) is 6. The molecule has 20 heavy (non-hydrogen) atoms. The third-order valence-corrected chi connectivity index (χ3v) is 4.45. The first-order valence-corrected chi connectivity index (χ1v) is 8.74. The Hall–Kier alpha value is -1.38. The van der Waals surface area contributed by atoms with E-state index in [1.54, 1.807) is 6.07 Å². The summed E-state index contributed by atoms with van der Waals surface area (Å²) in [5.74, 6) is 0. The lowest BCUT2D eigenvalue weighted by Gasteiger charge is -2.25. The van der Waals surface area contributed by atoms with E-state index >= 15 is 0 Å². The first-order chi connectivity index (χ1) is 9.15. The minimum absolute atomic E-state index is 0.440. The smallest absolute Gasteiger partial charge is 0.209 e. The number of rotatable bonds is 5. The number of thiazole rings is 1. The van der Waals surface area contributed by atoms with Gasteiger partial charge in [-0.15, -0.1) is 0 Å². The summed E-state index contributed by atoms with van der Waals surface area (Å²) in [7, 11) is -3.24. The molecule has 0 aliphatic heterocycles.